The standard InChI is InChI=1S/C25H42BNO6/c1-2-3-4-5-6-7-8-9-10-11-12-13-14-15-16-17-18-33-25(28)22-19-23(26(29)30)21-24(20-22)27(31)32/h19-21,29-30H,2-18H2,1H3. The van der Waals surface area contributed by atoms with Gasteiger partial charge >= 0.3 is 13.1 Å². The molecule has 1 rings (SSSR count). The van der Waals surface area contributed by atoms with Crippen LogP contribution in [-0.2, 0) is 4.74 Å². The van der Waals surface area contributed by atoms with Gasteiger partial charge in [-0.1, -0.05) is 103 Å². The summed E-state index contributed by atoms with van der Waals surface area (Å²) in [6, 6.07) is 3.31. The van der Waals surface area contributed by atoms with Gasteiger partial charge in [0.15, 0.2) is 0 Å². The van der Waals surface area contributed by atoms with Crippen molar-refractivity contribution < 1.29 is 24.5 Å². The second kappa shape index (κ2) is 18.5. The van der Waals surface area contributed by atoms with Crippen molar-refractivity contribution in [2.45, 2.75) is 110 Å². The number of hydrogen-bond acceptors (Lipinski definition) is 6. The van der Waals surface area contributed by atoms with Crippen LogP contribution >= 0.6 is 0 Å². The second-order valence-corrected chi connectivity index (χ2v) is 8.88. The zero-order valence-electron chi connectivity index (χ0n) is 20.3. The molecule has 8 heteroatoms. The highest BCUT2D eigenvalue weighted by atomic mass is 16.6. The zero-order valence-corrected chi connectivity index (χ0v) is 20.3. The summed E-state index contributed by atoms with van der Waals surface area (Å²) in [5, 5.41) is 29.5. The Morgan fingerprint density at radius 2 is 1.27 bits per heavy atom. The number of benzene rings is 1. The van der Waals surface area contributed by atoms with E-state index < -0.39 is 18.0 Å². The molecule has 7 nitrogen and oxygen atoms in total. The lowest BCUT2D eigenvalue weighted by molar-refractivity contribution is -0.384. The van der Waals surface area contributed by atoms with Gasteiger partial charge in [-0.05, 0) is 17.9 Å². The minimum absolute atomic E-state index is 0.0520. The highest BCUT2D eigenvalue weighted by Gasteiger charge is 2.20. The number of ether oxygens (including phenoxy) is 1. The lowest BCUT2D eigenvalue weighted by Crippen LogP contribution is -2.31. The van der Waals surface area contributed by atoms with Crippen molar-refractivity contribution in [3.8, 4) is 0 Å². The molecular weight excluding hydrogens is 421 g/mol. The van der Waals surface area contributed by atoms with Crippen molar-refractivity contribution in [2.24, 2.45) is 0 Å². The Kier molecular flexibility index (Phi) is 16.3. The van der Waals surface area contributed by atoms with Crippen LogP contribution in [0.1, 0.15) is 120 Å². The number of unbranched alkanes of at least 4 members (excludes halogenated alkanes) is 15. The summed E-state index contributed by atoms with van der Waals surface area (Å²) in [7, 11) is -1.89. The van der Waals surface area contributed by atoms with Crippen LogP contribution < -0.4 is 5.46 Å². The van der Waals surface area contributed by atoms with Gasteiger partial charge in [-0.15, -0.1) is 0 Å². The van der Waals surface area contributed by atoms with Crippen molar-refractivity contribution in [2.75, 3.05) is 6.61 Å². The van der Waals surface area contributed by atoms with Crippen LogP contribution in [-0.4, -0.2) is 34.7 Å². The molecule has 0 bridgehead atoms. The fraction of sp³-hybridized carbons (Fsp3) is 0.720. The van der Waals surface area contributed by atoms with E-state index in [1.807, 2.05) is 0 Å². The maximum absolute atomic E-state index is 12.1. The maximum Gasteiger partial charge on any atom is 0.488 e. The molecule has 0 unspecified atom stereocenters. The van der Waals surface area contributed by atoms with E-state index in [-0.39, 0.29) is 23.3 Å². The summed E-state index contributed by atoms with van der Waals surface area (Å²) in [6.07, 6.45) is 20.2. The van der Waals surface area contributed by atoms with Gasteiger partial charge in [-0.2, -0.15) is 0 Å². The predicted molar refractivity (Wildman–Crippen MR) is 133 cm³/mol. The minimum Gasteiger partial charge on any atom is -0.462 e. The molecule has 1 aromatic carbocycles. The van der Waals surface area contributed by atoms with Crippen LogP contribution in [0.3, 0.4) is 0 Å². The molecule has 0 radical (unpaired) electrons. The Balaban J connectivity index is 2.02. The summed E-state index contributed by atoms with van der Waals surface area (Å²) in [5.74, 6) is -0.693. The monoisotopic (exact) mass is 463 g/mol. The lowest BCUT2D eigenvalue weighted by atomic mass is 9.79. The van der Waals surface area contributed by atoms with Gasteiger partial charge in [0.05, 0.1) is 17.1 Å². The SMILES string of the molecule is CCCCCCCCCCCCCCCCCCOC(=O)c1cc(B(O)O)cc([N+](=O)[O-])c1. The highest BCUT2D eigenvalue weighted by Crippen LogP contribution is 2.15. The molecule has 0 aliphatic heterocycles. The third-order valence-corrected chi connectivity index (χ3v) is 5.92. The Labute approximate surface area is 199 Å². The minimum atomic E-state index is -1.89. The Morgan fingerprint density at radius 3 is 1.70 bits per heavy atom. The van der Waals surface area contributed by atoms with Gasteiger partial charge in [-0.3, -0.25) is 10.1 Å². The first-order valence-electron chi connectivity index (χ1n) is 12.8. The van der Waals surface area contributed by atoms with Crippen LogP contribution in [0.25, 0.3) is 0 Å². The normalized spacial score (nSPS) is 10.9. The fourth-order valence-corrected chi connectivity index (χ4v) is 3.91. The molecule has 0 aliphatic rings. The van der Waals surface area contributed by atoms with Crippen molar-refractivity contribution in [3.63, 3.8) is 0 Å². The average molecular weight is 463 g/mol. The van der Waals surface area contributed by atoms with E-state index in [0.717, 1.165) is 31.4 Å². The number of nitro benzene ring substituents is 1. The summed E-state index contributed by atoms with van der Waals surface area (Å²) in [5.41, 5.74) is -0.544. The Hall–Kier alpha value is -1.93. The first kappa shape index (κ1) is 29.1. The molecule has 33 heavy (non-hydrogen) atoms. The molecule has 0 amide bonds. The van der Waals surface area contributed by atoms with Crippen molar-refractivity contribution >= 4 is 24.2 Å². The van der Waals surface area contributed by atoms with Crippen molar-refractivity contribution in [3.05, 3.63) is 33.9 Å². The summed E-state index contributed by atoms with van der Waals surface area (Å²) in [6.45, 7) is 2.50. The van der Waals surface area contributed by atoms with Gasteiger partial charge in [0, 0.05) is 12.1 Å². The van der Waals surface area contributed by atoms with E-state index in [4.69, 9.17) is 4.74 Å². The largest absolute Gasteiger partial charge is 0.488 e. The average Bonchev–Trinajstić information content (AvgIpc) is 2.80. The molecule has 2 N–H and O–H groups in total. The number of non-ortho nitro benzene ring substituents is 1. The quantitative estimate of drug-likeness (QED) is 0.0845. The molecule has 0 aliphatic carbocycles. The smallest absolute Gasteiger partial charge is 0.462 e. The maximum atomic E-state index is 12.1. The molecule has 1 aromatic rings. The molecular formula is C25H42BNO6. The molecule has 0 fully saturated rings. The number of nitro groups is 1. The summed E-state index contributed by atoms with van der Waals surface area (Å²) < 4.78 is 5.19. The van der Waals surface area contributed by atoms with Crippen molar-refractivity contribution in [1.82, 2.24) is 0 Å². The number of carbonyl (C=O) groups excluding carboxylic acids is 1. The van der Waals surface area contributed by atoms with Gasteiger partial charge < -0.3 is 14.8 Å². The summed E-state index contributed by atoms with van der Waals surface area (Å²) >= 11 is 0. The van der Waals surface area contributed by atoms with Gasteiger partial charge in [0.25, 0.3) is 5.69 Å². The third-order valence-electron chi connectivity index (χ3n) is 5.92. The molecule has 0 heterocycles. The number of nitrogens with zero attached hydrogens (tertiary/aromatic N) is 1. The molecule has 186 valence electrons. The predicted octanol–water partition coefficient (Wildman–Crippen LogP) is 5.69. The number of rotatable bonds is 20. The van der Waals surface area contributed by atoms with Gasteiger partial charge in [0.2, 0.25) is 0 Å². The first-order valence-corrected chi connectivity index (χ1v) is 12.8. The molecule has 0 saturated heterocycles. The van der Waals surface area contributed by atoms with E-state index in [0.29, 0.717) is 0 Å². The van der Waals surface area contributed by atoms with Gasteiger partial charge in [-0.25, -0.2) is 4.79 Å². The molecule has 0 atom stereocenters. The van der Waals surface area contributed by atoms with Crippen LogP contribution in [0.5, 0.6) is 0 Å². The third kappa shape index (κ3) is 14.1. The topological polar surface area (TPSA) is 110 Å². The molecule has 0 spiro atoms. The van der Waals surface area contributed by atoms with Crippen LogP contribution in [0.15, 0.2) is 18.2 Å². The Bertz CT molecular complexity index is 683. The number of carbonyl (C=O) groups is 1. The van der Waals surface area contributed by atoms with E-state index in [2.05, 4.69) is 6.92 Å². The second-order valence-electron chi connectivity index (χ2n) is 8.88. The first-order chi connectivity index (χ1) is 16.0. The van der Waals surface area contributed by atoms with E-state index in [1.54, 1.807) is 0 Å². The van der Waals surface area contributed by atoms with E-state index in [1.165, 1.54) is 89.5 Å². The Morgan fingerprint density at radius 1 is 0.818 bits per heavy atom. The fourth-order valence-electron chi connectivity index (χ4n) is 3.91. The number of esters is 1. The molecule has 0 saturated carbocycles. The van der Waals surface area contributed by atoms with Crippen LogP contribution in [0.2, 0.25) is 0 Å². The molecule has 0 aromatic heterocycles. The van der Waals surface area contributed by atoms with E-state index in [9.17, 15) is 25.0 Å². The highest BCUT2D eigenvalue weighted by molar-refractivity contribution is 6.58. The van der Waals surface area contributed by atoms with Gasteiger partial charge in [0.1, 0.15) is 0 Å². The van der Waals surface area contributed by atoms with Crippen LogP contribution in [0, 0.1) is 10.1 Å². The number of hydrogen-bond donors (Lipinski definition) is 2. The lowest BCUT2D eigenvalue weighted by Gasteiger charge is -2.07. The van der Waals surface area contributed by atoms with Crippen molar-refractivity contribution in [1.29, 1.82) is 0 Å². The van der Waals surface area contributed by atoms with E-state index >= 15 is 0 Å². The van der Waals surface area contributed by atoms with Crippen LogP contribution in [0.4, 0.5) is 5.69 Å². The summed E-state index contributed by atoms with van der Waals surface area (Å²) in [4.78, 5) is 22.4. The zero-order chi connectivity index (χ0) is 24.3.